The van der Waals surface area contributed by atoms with Crippen LogP contribution in [0.4, 0.5) is 0 Å². The second-order valence-corrected chi connectivity index (χ2v) is 11.1. The minimum absolute atomic E-state index is 0. The van der Waals surface area contributed by atoms with Crippen LogP contribution in [0.5, 0.6) is 0 Å². The van der Waals surface area contributed by atoms with Crippen LogP contribution in [0, 0.1) is 11.8 Å². The molecule has 9 heteroatoms. The van der Waals surface area contributed by atoms with Crippen molar-refractivity contribution < 1.29 is 23.9 Å². The lowest BCUT2D eigenvalue weighted by Crippen LogP contribution is -2.61. The summed E-state index contributed by atoms with van der Waals surface area (Å²) in [5, 5.41) is 3.37. The van der Waals surface area contributed by atoms with Gasteiger partial charge in [-0.25, -0.2) is 0 Å². The van der Waals surface area contributed by atoms with Crippen LogP contribution in [-0.2, 0) is 19.1 Å². The molecule has 1 aromatic carbocycles. The number of amides is 3. The standard InChI is InChI=1S/C17H20N2O3.C10H16N2O2.C2H6.CH4/c20-15(14-4-2-1-3-5-14)19-12-13-10-17(19,11-13)16(21)18-6-8-22-9-7-18;13-9(12-1-3-14-4-2-12)10-5-8(6-10)7-11-10;1-2;/h1-5,13H,6-12H2;8,11H,1-7H2;1-2H3;1H4. The lowest BCUT2D eigenvalue weighted by atomic mass is 9.72. The molecule has 0 aromatic heterocycles. The van der Waals surface area contributed by atoms with Crippen molar-refractivity contribution in [2.75, 3.05) is 65.7 Å². The van der Waals surface area contributed by atoms with Gasteiger partial charge in [-0.1, -0.05) is 39.5 Å². The number of morpholine rings is 2. The van der Waals surface area contributed by atoms with E-state index in [1.54, 1.807) is 0 Å². The van der Waals surface area contributed by atoms with Crippen molar-refractivity contribution in [3.63, 3.8) is 0 Å². The van der Waals surface area contributed by atoms with Crippen LogP contribution in [0.15, 0.2) is 30.3 Å². The van der Waals surface area contributed by atoms with Gasteiger partial charge in [-0.3, -0.25) is 14.4 Å². The van der Waals surface area contributed by atoms with Crippen LogP contribution in [0.2, 0.25) is 0 Å². The maximum Gasteiger partial charge on any atom is 0.254 e. The van der Waals surface area contributed by atoms with Crippen molar-refractivity contribution in [2.45, 2.75) is 58.0 Å². The first-order valence-corrected chi connectivity index (χ1v) is 14.4. The Morgan fingerprint density at radius 3 is 1.85 bits per heavy atom. The maximum atomic E-state index is 13.0. The molecule has 6 heterocycles. The second kappa shape index (κ2) is 12.4. The Morgan fingerprint density at radius 2 is 1.33 bits per heavy atom. The van der Waals surface area contributed by atoms with Gasteiger partial charge in [-0.15, -0.1) is 0 Å². The van der Waals surface area contributed by atoms with E-state index in [2.05, 4.69) is 5.32 Å². The lowest BCUT2D eigenvalue weighted by Gasteiger charge is -2.44. The molecule has 9 rings (SSSR count). The van der Waals surface area contributed by atoms with Crippen LogP contribution in [-0.4, -0.2) is 109 Å². The van der Waals surface area contributed by atoms with E-state index in [1.165, 1.54) is 0 Å². The Labute approximate surface area is 233 Å². The first-order chi connectivity index (χ1) is 18.5. The Bertz CT molecular complexity index is 988. The molecule has 6 aliphatic heterocycles. The molecular formula is C30H46N4O5. The van der Waals surface area contributed by atoms with Crippen molar-refractivity contribution in [1.82, 2.24) is 20.0 Å². The average molecular weight is 543 g/mol. The normalized spacial score (nSPS) is 31.8. The molecule has 3 amide bonds. The Hall–Kier alpha value is -2.49. The zero-order chi connectivity index (χ0) is 26.8. The van der Waals surface area contributed by atoms with Gasteiger partial charge in [-0.05, 0) is 56.2 Å². The molecule has 0 atom stereocenters. The van der Waals surface area contributed by atoms with E-state index in [1.807, 2.05) is 58.9 Å². The highest BCUT2D eigenvalue weighted by Gasteiger charge is 2.63. The average Bonchev–Trinajstić information content (AvgIpc) is 3.74. The molecule has 2 saturated carbocycles. The van der Waals surface area contributed by atoms with Crippen molar-refractivity contribution in [1.29, 1.82) is 0 Å². The number of benzene rings is 1. The van der Waals surface area contributed by atoms with Crippen molar-refractivity contribution in [3.05, 3.63) is 35.9 Å². The summed E-state index contributed by atoms with van der Waals surface area (Å²) < 4.78 is 10.6. The molecule has 1 aromatic rings. The molecule has 9 nitrogen and oxygen atoms in total. The molecular weight excluding hydrogens is 496 g/mol. The van der Waals surface area contributed by atoms with E-state index in [0.29, 0.717) is 63.5 Å². The monoisotopic (exact) mass is 542 g/mol. The maximum absolute atomic E-state index is 13.0. The second-order valence-electron chi connectivity index (χ2n) is 11.1. The number of nitrogens with one attached hydrogen (secondary N) is 1. The van der Waals surface area contributed by atoms with E-state index >= 15 is 0 Å². The quantitative estimate of drug-likeness (QED) is 0.631. The summed E-state index contributed by atoms with van der Waals surface area (Å²) >= 11 is 0. The molecule has 4 bridgehead atoms. The third kappa shape index (κ3) is 5.45. The molecule has 8 aliphatic rings. The first kappa shape index (κ1) is 29.5. The molecule has 0 spiro atoms. The zero-order valence-electron chi connectivity index (χ0n) is 22.8. The number of hydrogen-bond acceptors (Lipinski definition) is 6. The highest BCUT2D eigenvalue weighted by molar-refractivity contribution is 6.00. The number of ether oxygens (including phenoxy) is 2. The highest BCUT2D eigenvalue weighted by atomic mass is 16.5. The summed E-state index contributed by atoms with van der Waals surface area (Å²) in [6, 6.07) is 9.28. The molecule has 39 heavy (non-hydrogen) atoms. The number of hydrogen-bond donors (Lipinski definition) is 1. The van der Waals surface area contributed by atoms with Crippen molar-refractivity contribution >= 4 is 17.7 Å². The summed E-state index contributed by atoms with van der Waals surface area (Å²) in [6.07, 6.45) is 3.76. The van der Waals surface area contributed by atoms with Gasteiger partial charge in [0.1, 0.15) is 5.54 Å². The van der Waals surface area contributed by atoms with Gasteiger partial charge < -0.3 is 29.5 Å². The minimum atomic E-state index is -0.588. The highest BCUT2D eigenvalue weighted by Crippen LogP contribution is 2.52. The van der Waals surface area contributed by atoms with E-state index < -0.39 is 5.54 Å². The molecule has 0 unspecified atom stereocenters. The molecule has 216 valence electrons. The summed E-state index contributed by atoms with van der Waals surface area (Å²) in [5.41, 5.74) is -0.0825. The van der Waals surface area contributed by atoms with Gasteiger partial charge >= 0.3 is 0 Å². The number of carbonyl (C=O) groups excluding carboxylic acids is 3. The van der Waals surface area contributed by atoms with Crippen LogP contribution >= 0.6 is 0 Å². The van der Waals surface area contributed by atoms with Gasteiger partial charge in [0.25, 0.3) is 5.91 Å². The van der Waals surface area contributed by atoms with Crippen LogP contribution in [0.3, 0.4) is 0 Å². The van der Waals surface area contributed by atoms with E-state index in [4.69, 9.17) is 9.47 Å². The largest absolute Gasteiger partial charge is 0.378 e. The van der Waals surface area contributed by atoms with E-state index in [0.717, 1.165) is 51.2 Å². The zero-order valence-corrected chi connectivity index (χ0v) is 22.8. The third-order valence-corrected chi connectivity index (χ3v) is 8.88. The van der Waals surface area contributed by atoms with Gasteiger partial charge in [0.05, 0.1) is 32.0 Å². The van der Waals surface area contributed by atoms with Gasteiger partial charge in [0.15, 0.2) is 0 Å². The number of fused-ring (bicyclic) bond motifs is 2. The molecule has 1 N–H and O–H groups in total. The summed E-state index contributed by atoms with van der Waals surface area (Å²) in [5.74, 6) is 1.67. The summed E-state index contributed by atoms with van der Waals surface area (Å²) in [7, 11) is 0. The van der Waals surface area contributed by atoms with Gasteiger partial charge in [0, 0.05) is 38.3 Å². The van der Waals surface area contributed by atoms with E-state index in [9.17, 15) is 14.4 Å². The van der Waals surface area contributed by atoms with Crippen molar-refractivity contribution in [3.8, 4) is 0 Å². The minimum Gasteiger partial charge on any atom is -0.378 e. The molecule has 6 saturated heterocycles. The fraction of sp³-hybridized carbons (Fsp3) is 0.700. The third-order valence-electron chi connectivity index (χ3n) is 8.88. The molecule has 2 aliphatic carbocycles. The Balaban J connectivity index is 0.000000180. The fourth-order valence-electron chi connectivity index (χ4n) is 6.92. The molecule has 8 fully saturated rings. The smallest absolute Gasteiger partial charge is 0.254 e. The molecule has 0 radical (unpaired) electrons. The van der Waals surface area contributed by atoms with Crippen LogP contribution < -0.4 is 5.32 Å². The van der Waals surface area contributed by atoms with Gasteiger partial charge in [-0.2, -0.15) is 0 Å². The topological polar surface area (TPSA) is 91.4 Å². The Morgan fingerprint density at radius 1 is 0.795 bits per heavy atom. The first-order valence-electron chi connectivity index (χ1n) is 14.4. The Kier molecular flexibility index (Phi) is 9.34. The fourth-order valence-corrected chi connectivity index (χ4v) is 6.92. The summed E-state index contributed by atoms with van der Waals surface area (Å²) in [6.45, 7) is 11.2. The van der Waals surface area contributed by atoms with Crippen LogP contribution in [0.25, 0.3) is 0 Å². The van der Waals surface area contributed by atoms with Crippen LogP contribution in [0.1, 0.15) is 57.3 Å². The lowest BCUT2D eigenvalue weighted by molar-refractivity contribution is -0.148. The van der Waals surface area contributed by atoms with E-state index in [-0.39, 0.29) is 24.8 Å². The predicted octanol–water partition coefficient (Wildman–Crippen LogP) is 2.41. The number of rotatable bonds is 3. The number of nitrogens with zero attached hydrogens (tertiary/aromatic N) is 3. The SMILES string of the molecule is C.CC.O=C(N1CCOCC1)C12CC(CN1)C2.O=C(c1ccccc1)N1CC2CC1(C(=O)N1CCOCC1)C2. The van der Waals surface area contributed by atoms with Gasteiger partial charge in [0.2, 0.25) is 11.8 Å². The number of carbonyl (C=O) groups is 3. The predicted molar refractivity (Wildman–Crippen MR) is 149 cm³/mol. The summed E-state index contributed by atoms with van der Waals surface area (Å²) in [4.78, 5) is 43.6. The van der Waals surface area contributed by atoms with Crippen molar-refractivity contribution in [2.24, 2.45) is 11.8 Å².